The Morgan fingerprint density at radius 2 is 1.50 bits per heavy atom. The van der Waals surface area contributed by atoms with Gasteiger partial charge in [-0.05, 0) is 45.3 Å². The maximum atomic E-state index is 12.6. The summed E-state index contributed by atoms with van der Waals surface area (Å²) in [6.07, 6.45) is 0.254. The van der Waals surface area contributed by atoms with Crippen LogP contribution in [0.3, 0.4) is 0 Å². The van der Waals surface area contributed by atoms with Gasteiger partial charge in [-0.25, -0.2) is 4.79 Å². The molecular formula is C21H43NO5Si. The molecule has 0 heterocycles. The van der Waals surface area contributed by atoms with Crippen LogP contribution in [0.4, 0.5) is 4.79 Å². The third kappa shape index (κ3) is 9.91. The molecule has 0 aliphatic carbocycles. The van der Waals surface area contributed by atoms with Crippen molar-refractivity contribution in [1.82, 2.24) is 4.90 Å². The van der Waals surface area contributed by atoms with Crippen molar-refractivity contribution in [3.63, 3.8) is 0 Å². The standard InChI is InChI=1S/C21H43NO5Si/c1-16(23)25-15-21(8,9)13-17(14-26-28(11,12)20(5,6)7)22(10)18(24)27-19(2,3)4/h17H,13-15H2,1-12H3. The smallest absolute Gasteiger partial charge is 0.410 e. The number of rotatable bonds is 8. The minimum Gasteiger partial charge on any atom is -0.465 e. The molecule has 6 nitrogen and oxygen atoms in total. The maximum absolute atomic E-state index is 12.6. The summed E-state index contributed by atoms with van der Waals surface area (Å²) in [4.78, 5) is 25.5. The first-order chi connectivity index (χ1) is 12.3. The summed E-state index contributed by atoms with van der Waals surface area (Å²) >= 11 is 0. The Morgan fingerprint density at radius 1 is 1.00 bits per heavy atom. The van der Waals surface area contributed by atoms with Crippen molar-refractivity contribution < 1.29 is 23.5 Å². The predicted molar refractivity (Wildman–Crippen MR) is 116 cm³/mol. The van der Waals surface area contributed by atoms with E-state index in [2.05, 4.69) is 33.9 Å². The summed E-state index contributed by atoms with van der Waals surface area (Å²) in [6.45, 7) is 22.7. The van der Waals surface area contributed by atoms with E-state index in [9.17, 15) is 9.59 Å². The van der Waals surface area contributed by atoms with Crippen LogP contribution in [-0.4, -0.2) is 57.2 Å². The molecule has 0 saturated heterocycles. The molecule has 28 heavy (non-hydrogen) atoms. The van der Waals surface area contributed by atoms with Gasteiger partial charge in [0.25, 0.3) is 0 Å². The Kier molecular flexibility index (Phi) is 9.24. The van der Waals surface area contributed by atoms with Gasteiger partial charge in [0.1, 0.15) is 5.60 Å². The highest BCUT2D eigenvalue weighted by Gasteiger charge is 2.39. The number of hydrogen-bond acceptors (Lipinski definition) is 5. The fourth-order valence-corrected chi connectivity index (χ4v) is 3.35. The van der Waals surface area contributed by atoms with Crippen molar-refractivity contribution in [2.24, 2.45) is 5.41 Å². The third-order valence-corrected chi connectivity index (χ3v) is 9.63. The molecule has 0 bridgehead atoms. The highest BCUT2D eigenvalue weighted by atomic mass is 28.4. The number of esters is 1. The summed E-state index contributed by atoms with van der Waals surface area (Å²) in [5, 5.41) is 0.0787. The van der Waals surface area contributed by atoms with Gasteiger partial charge in [-0.2, -0.15) is 0 Å². The van der Waals surface area contributed by atoms with Gasteiger partial charge in [-0.3, -0.25) is 4.79 Å². The Hall–Kier alpha value is -1.08. The minimum absolute atomic E-state index is 0.0787. The highest BCUT2D eigenvalue weighted by Crippen LogP contribution is 2.37. The Bertz CT molecular complexity index is 532. The Balaban J connectivity index is 5.41. The van der Waals surface area contributed by atoms with Crippen LogP contribution >= 0.6 is 0 Å². The van der Waals surface area contributed by atoms with Crippen LogP contribution < -0.4 is 0 Å². The molecular weight excluding hydrogens is 374 g/mol. The van der Waals surface area contributed by atoms with Crippen LogP contribution in [0.2, 0.25) is 18.1 Å². The SMILES string of the molecule is CC(=O)OCC(C)(C)CC(CO[Si](C)(C)C(C)(C)C)N(C)C(=O)OC(C)(C)C. The molecule has 1 atom stereocenters. The highest BCUT2D eigenvalue weighted by molar-refractivity contribution is 6.74. The van der Waals surface area contributed by atoms with E-state index in [1.165, 1.54) is 6.92 Å². The molecule has 1 amide bonds. The number of amides is 1. The van der Waals surface area contributed by atoms with Gasteiger partial charge < -0.3 is 18.8 Å². The normalized spacial score (nSPS) is 14.4. The number of nitrogens with zero attached hydrogens (tertiary/aromatic N) is 1. The molecule has 1 unspecified atom stereocenters. The summed E-state index contributed by atoms with van der Waals surface area (Å²) in [5.41, 5.74) is -0.868. The van der Waals surface area contributed by atoms with Crippen molar-refractivity contribution in [2.75, 3.05) is 20.3 Å². The molecule has 166 valence electrons. The van der Waals surface area contributed by atoms with Gasteiger partial charge >= 0.3 is 12.1 Å². The number of likely N-dealkylation sites (N-methyl/N-ethyl adjacent to an activating group) is 1. The van der Waals surface area contributed by atoms with Crippen molar-refractivity contribution >= 4 is 20.4 Å². The van der Waals surface area contributed by atoms with Crippen LogP contribution in [0.25, 0.3) is 0 Å². The Labute approximate surface area is 173 Å². The number of carbonyl (C=O) groups is 2. The molecule has 0 saturated carbocycles. The summed E-state index contributed by atoms with van der Waals surface area (Å²) in [7, 11) is -0.225. The first-order valence-corrected chi connectivity index (χ1v) is 12.9. The summed E-state index contributed by atoms with van der Waals surface area (Å²) in [5.74, 6) is -0.303. The van der Waals surface area contributed by atoms with Crippen LogP contribution in [0.1, 0.15) is 68.7 Å². The van der Waals surface area contributed by atoms with E-state index >= 15 is 0 Å². The zero-order chi connectivity index (χ0) is 22.6. The molecule has 0 aliphatic rings. The molecule has 0 N–H and O–H groups in total. The van der Waals surface area contributed by atoms with E-state index in [-0.39, 0.29) is 28.6 Å². The van der Waals surface area contributed by atoms with Crippen molar-refractivity contribution in [1.29, 1.82) is 0 Å². The fraction of sp³-hybridized carbons (Fsp3) is 0.905. The molecule has 0 spiro atoms. The van der Waals surface area contributed by atoms with Crippen LogP contribution in [0.15, 0.2) is 0 Å². The molecule has 0 aromatic carbocycles. The summed E-state index contributed by atoms with van der Waals surface area (Å²) in [6, 6.07) is -0.186. The lowest BCUT2D eigenvalue weighted by molar-refractivity contribution is -0.144. The predicted octanol–water partition coefficient (Wildman–Crippen LogP) is 5.22. The minimum atomic E-state index is -1.97. The fourth-order valence-electron chi connectivity index (χ4n) is 2.31. The average Bonchev–Trinajstić information content (AvgIpc) is 2.46. The van der Waals surface area contributed by atoms with Gasteiger partial charge in [0.2, 0.25) is 0 Å². The summed E-state index contributed by atoms with van der Waals surface area (Å²) < 4.78 is 17.2. The molecule has 0 rings (SSSR count). The number of ether oxygens (including phenoxy) is 2. The van der Waals surface area contributed by atoms with Crippen LogP contribution in [0, 0.1) is 5.41 Å². The average molecular weight is 418 g/mol. The lowest BCUT2D eigenvalue weighted by Gasteiger charge is -2.40. The van der Waals surface area contributed by atoms with E-state index in [1.807, 2.05) is 34.6 Å². The Morgan fingerprint density at radius 3 is 1.89 bits per heavy atom. The second kappa shape index (κ2) is 9.61. The molecule has 0 aromatic rings. The zero-order valence-electron chi connectivity index (χ0n) is 20.2. The van der Waals surface area contributed by atoms with Crippen molar-refractivity contribution in [2.45, 2.75) is 98.5 Å². The first-order valence-electron chi connectivity index (χ1n) is 10.0. The second-order valence-electron chi connectivity index (χ2n) is 11.0. The number of carbonyl (C=O) groups excluding carboxylic acids is 2. The molecule has 7 heteroatoms. The number of hydrogen-bond donors (Lipinski definition) is 0. The molecule has 0 aliphatic heterocycles. The zero-order valence-corrected chi connectivity index (χ0v) is 21.2. The van der Waals surface area contributed by atoms with Gasteiger partial charge in [0.05, 0.1) is 19.3 Å². The van der Waals surface area contributed by atoms with Gasteiger partial charge in [-0.15, -0.1) is 0 Å². The molecule has 0 radical (unpaired) electrons. The van der Waals surface area contributed by atoms with Gasteiger partial charge in [0.15, 0.2) is 8.32 Å². The molecule has 0 aromatic heterocycles. The quantitative estimate of drug-likeness (QED) is 0.400. The van der Waals surface area contributed by atoms with E-state index in [0.29, 0.717) is 19.6 Å². The maximum Gasteiger partial charge on any atom is 0.410 e. The largest absolute Gasteiger partial charge is 0.465 e. The van der Waals surface area contributed by atoms with E-state index in [1.54, 1.807) is 11.9 Å². The van der Waals surface area contributed by atoms with E-state index in [0.717, 1.165) is 0 Å². The van der Waals surface area contributed by atoms with Gasteiger partial charge in [0, 0.05) is 19.4 Å². The van der Waals surface area contributed by atoms with Crippen molar-refractivity contribution in [3.05, 3.63) is 0 Å². The van der Waals surface area contributed by atoms with Gasteiger partial charge in [-0.1, -0.05) is 34.6 Å². The topological polar surface area (TPSA) is 65.1 Å². The lowest BCUT2D eigenvalue weighted by Crippen LogP contribution is -2.49. The van der Waals surface area contributed by atoms with E-state index in [4.69, 9.17) is 13.9 Å². The van der Waals surface area contributed by atoms with E-state index < -0.39 is 13.9 Å². The third-order valence-electron chi connectivity index (χ3n) is 5.13. The molecule has 0 fully saturated rings. The van der Waals surface area contributed by atoms with Crippen LogP contribution in [0.5, 0.6) is 0 Å². The monoisotopic (exact) mass is 417 g/mol. The second-order valence-corrected chi connectivity index (χ2v) is 15.8. The lowest BCUT2D eigenvalue weighted by atomic mass is 9.86. The van der Waals surface area contributed by atoms with Crippen LogP contribution in [-0.2, 0) is 18.7 Å². The van der Waals surface area contributed by atoms with Crippen molar-refractivity contribution in [3.8, 4) is 0 Å². The first kappa shape index (κ1) is 26.9.